The van der Waals surface area contributed by atoms with Gasteiger partial charge in [-0.05, 0) is 43.9 Å². The fourth-order valence-corrected chi connectivity index (χ4v) is 3.65. The van der Waals surface area contributed by atoms with Gasteiger partial charge in [-0.1, -0.05) is 29.4 Å². The number of nitrogens with one attached hydrogen (secondary N) is 1. The molecule has 1 N–H and O–H groups in total. The van der Waals surface area contributed by atoms with E-state index in [1.54, 1.807) is 0 Å². The molecule has 1 aliphatic carbocycles. The highest BCUT2D eigenvalue weighted by atomic mass is 16.5. The van der Waals surface area contributed by atoms with E-state index in [2.05, 4.69) is 34.7 Å². The van der Waals surface area contributed by atoms with Crippen LogP contribution in [0, 0.1) is 19.8 Å². The maximum Gasteiger partial charge on any atom is 0.141 e. The van der Waals surface area contributed by atoms with Gasteiger partial charge < -0.3 is 9.84 Å². The van der Waals surface area contributed by atoms with Gasteiger partial charge >= 0.3 is 0 Å². The second-order valence-electron chi connectivity index (χ2n) is 5.96. The van der Waals surface area contributed by atoms with Crippen LogP contribution in [0.1, 0.15) is 23.4 Å². The van der Waals surface area contributed by atoms with Crippen molar-refractivity contribution in [2.75, 3.05) is 13.1 Å². The van der Waals surface area contributed by atoms with Gasteiger partial charge in [-0.2, -0.15) is 0 Å². The molecule has 2 aliphatic rings. The third kappa shape index (κ3) is 1.51. The Morgan fingerprint density at radius 1 is 1.26 bits per heavy atom. The number of benzene rings is 1. The maximum atomic E-state index is 5.25. The third-order valence-corrected chi connectivity index (χ3v) is 4.85. The second kappa shape index (κ2) is 3.70. The van der Waals surface area contributed by atoms with Crippen LogP contribution >= 0.6 is 0 Å². The predicted octanol–water partition coefficient (Wildman–Crippen LogP) is 2.82. The Labute approximate surface area is 113 Å². The van der Waals surface area contributed by atoms with E-state index in [1.807, 2.05) is 13.8 Å². The highest BCUT2D eigenvalue weighted by molar-refractivity contribution is 5.68. The zero-order chi connectivity index (χ0) is 13.0. The monoisotopic (exact) mass is 254 g/mol. The summed E-state index contributed by atoms with van der Waals surface area (Å²) in [4.78, 5) is 0. The molecule has 2 atom stereocenters. The Balaban J connectivity index is 1.70. The quantitative estimate of drug-likeness (QED) is 0.895. The summed E-state index contributed by atoms with van der Waals surface area (Å²) in [6.45, 7) is 6.30. The molecule has 0 bridgehead atoms. The van der Waals surface area contributed by atoms with E-state index in [4.69, 9.17) is 4.52 Å². The summed E-state index contributed by atoms with van der Waals surface area (Å²) < 4.78 is 5.25. The van der Waals surface area contributed by atoms with Crippen molar-refractivity contribution in [1.82, 2.24) is 10.5 Å². The predicted molar refractivity (Wildman–Crippen MR) is 74.1 cm³/mol. The molecule has 2 unspecified atom stereocenters. The van der Waals surface area contributed by atoms with Gasteiger partial charge in [0.05, 0.1) is 5.69 Å². The van der Waals surface area contributed by atoms with Gasteiger partial charge in [0.25, 0.3) is 0 Å². The molecular formula is C16H18N2O. The Morgan fingerprint density at radius 3 is 2.58 bits per heavy atom. The summed E-state index contributed by atoms with van der Waals surface area (Å²) in [5.74, 6) is 1.76. The van der Waals surface area contributed by atoms with Crippen LogP contribution in [0.4, 0.5) is 0 Å². The average Bonchev–Trinajstić information content (AvgIpc) is 2.81. The van der Waals surface area contributed by atoms with Crippen LogP contribution in [0.5, 0.6) is 0 Å². The zero-order valence-electron chi connectivity index (χ0n) is 11.4. The summed E-state index contributed by atoms with van der Waals surface area (Å²) in [7, 11) is 0. The molecular weight excluding hydrogens is 236 g/mol. The van der Waals surface area contributed by atoms with Gasteiger partial charge in [0.2, 0.25) is 0 Å². The van der Waals surface area contributed by atoms with Crippen molar-refractivity contribution in [3.8, 4) is 11.1 Å². The molecule has 0 radical (unpaired) electrons. The molecule has 1 aromatic heterocycles. The molecule has 1 aliphatic heterocycles. The summed E-state index contributed by atoms with van der Waals surface area (Å²) in [6.07, 6.45) is 1.35. The van der Waals surface area contributed by atoms with E-state index < -0.39 is 0 Å². The second-order valence-corrected chi connectivity index (χ2v) is 5.96. The highest BCUT2D eigenvalue weighted by Crippen LogP contribution is 2.56. The molecule has 0 spiro atoms. The van der Waals surface area contributed by atoms with E-state index in [-0.39, 0.29) is 0 Å². The number of rotatable bonds is 2. The first-order valence-corrected chi connectivity index (χ1v) is 6.95. The summed E-state index contributed by atoms with van der Waals surface area (Å²) in [5.41, 5.74) is 5.24. The van der Waals surface area contributed by atoms with Gasteiger partial charge in [-0.25, -0.2) is 0 Å². The third-order valence-electron chi connectivity index (χ3n) is 4.85. The van der Waals surface area contributed by atoms with Crippen LogP contribution in [-0.4, -0.2) is 18.2 Å². The van der Waals surface area contributed by atoms with Crippen molar-refractivity contribution in [1.29, 1.82) is 0 Å². The molecule has 19 heavy (non-hydrogen) atoms. The molecule has 0 amide bonds. The lowest BCUT2D eigenvalue weighted by Gasteiger charge is -2.12. The average molecular weight is 254 g/mol. The van der Waals surface area contributed by atoms with E-state index in [0.29, 0.717) is 5.41 Å². The molecule has 98 valence electrons. The van der Waals surface area contributed by atoms with E-state index in [9.17, 15) is 0 Å². The van der Waals surface area contributed by atoms with Gasteiger partial charge in [0.1, 0.15) is 5.76 Å². The number of aromatic nitrogens is 1. The maximum absolute atomic E-state index is 5.25. The van der Waals surface area contributed by atoms with Crippen LogP contribution in [0.2, 0.25) is 0 Å². The minimum Gasteiger partial charge on any atom is -0.361 e. The van der Waals surface area contributed by atoms with E-state index in [1.165, 1.54) is 24.1 Å². The molecule has 1 aromatic carbocycles. The molecule has 1 saturated carbocycles. The molecule has 2 fully saturated rings. The molecule has 3 heteroatoms. The van der Waals surface area contributed by atoms with Crippen LogP contribution < -0.4 is 5.32 Å². The first kappa shape index (κ1) is 11.2. The summed E-state index contributed by atoms with van der Waals surface area (Å²) in [5, 5.41) is 7.53. The lowest BCUT2D eigenvalue weighted by molar-refractivity contribution is 0.393. The molecule has 2 aromatic rings. The van der Waals surface area contributed by atoms with Crippen LogP contribution in [-0.2, 0) is 5.41 Å². The SMILES string of the molecule is Cc1noc(C)c1-c1ccc(C23CNCC2C3)cc1. The molecule has 2 heterocycles. The van der Waals surface area contributed by atoms with Crippen molar-refractivity contribution < 1.29 is 4.52 Å². The minimum absolute atomic E-state index is 0.442. The highest BCUT2D eigenvalue weighted by Gasteiger charge is 2.57. The topological polar surface area (TPSA) is 38.1 Å². The number of aryl methyl sites for hydroxylation is 2. The number of nitrogens with zero attached hydrogens (tertiary/aromatic N) is 1. The van der Waals surface area contributed by atoms with Crippen molar-refractivity contribution >= 4 is 0 Å². The number of hydrogen-bond acceptors (Lipinski definition) is 3. The Bertz CT molecular complexity index is 609. The van der Waals surface area contributed by atoms with Crippen molar-refractivity contribution in [2.45, 2.75) is 25.7 Å². The summed E-state index contributed by atoms with van der Waals surface area (Å²) in [6, 6.07) is 9.00. The number of piperidine rings is 1. The molecule has 3 nitrogen and oxygen atoms in total. The fourth-order valence-electron chi connectivity index (χ4n) is 3.65. The van der Waals surface area contributed by atoms with Crippen molar-refractivity contribution in [2.24, 2.45) is 5.92 Å². The zero-order valence-corrected chi connectivity index (χ0v) is 11.4. The standard InChI is InChI=1S/C16H18N2O/c1-10-15(11(2)19-18-10)12-3-5-13(6-4-12)16-7-14(16)8-17-9-16/h3-6,14,17H,7-9H2,1-2H3. The lowest BCUT2D eigenvalue weighted by Crippen LogP contribution is -2.19. The smallest absolute Gasteiger partial charge is 0.141 e. The van der Waals surface area contributed by atoms with Gasteiger partial charge in [0, 0.05) is 17.5 Å². The molecule has 1 saturated heterocycles. The fraction of sp³-hybridized carbons (Fsp3) is 0.438. The van der Waals surface area contributed by atoms with E-state index in [0.717, 1.165) is 29.5 Å². The normalized spacial score (nSPS) is 28.4. The lowest BCUT2D eigenvalue weighted by atomic mass is 9.93. The van der Waals surface area contributed by atoms with Crippen molar-refractivity contribution in [3.05, 3.63) is 41.3 Å². The van der Waals surface area contributed by atoms with Gasteiger partial charge in [-0.3, -0.25) is 0 Å². The molecule has 4 rings (SSSR count). The van der Waals surface area contributed by atoms with E-state index >= 15 is 0 Å². The number of fused-ring (bicyclic) bond motifs is 1. The van der Waals surface area contributed by atoms with Crippen LogP contribution in [0.25, 0.3) is 11.1 Å². The number of hydrogen-bond donors (Lipinski definition) is 1. The minimum atomic E-state index is 0.442. The van der Waals surface area contributed by atoms with Gasteiger partial charge in [0.15, 0.2) is 0 Å². The van der Waals surface area contributed by atoms with Crippen molar-refractivity contribution in [3.63, 3.8) is 0 Å². The largest absolute Gasteiger partial charge is 0.361 e. The Morgan fingerprint density at radius 2 is 2.05 bits per heavy atom. The Hall–Kier alpha value is -1.61. The first-order chi connectivity index (χ1) is 9.21. The van der Waals surface area contributed by atoms with Crippen LogP contribution in [0.3, 0.4) is 0 Å². The van der Waals surface area contributed by atoms with Gasteiger partial charge in [-0.15, -0.1) is 0 Å². The van der Waals surface area contributed by atoms with Crippen LogP contribution in [0.15, 0.2) is 28.8 Å². The summed E-state index contributed by atoms with van der Waals surface area (Å²) >= 11 is 0. The Kier molecular flexibility index (Phi) is 2.19. The first-order valence-electron chi connectivity index (χ1n) is 6.95.